The lowest BCUT2D eigenvalue weighted by molar-refractivity contribution is 0.178. The van der Waals surface area contributed by atoms with Gasteiger partial charge >= 0.3 is 6.09 Å². The minimum atomic E-state index is -0.533. The molecule has 1 aromatic heterocycles. The van der Waals surface area contributed by atoms with Gasteiger partial charge in [0, 0.05) is 24.3 Å². The van der Waals surface area contributed by atoms with Crippen molar-refractivity contribution < 1.29 is 9.53 Å². The monoisotopic (exact) mass is 280 g/mol. The van der Waals surface area contributed by atoms with Crippen LogP contribution in [0.1, 0.15) is 5.56 Å². The topological polar surface area (TPSA) is 51.2 Å². The molecule has 4 nitrogen and oxygen atoms in total. The Balaban J connectivity index is 2.05. The lowest BCUT2D eigenvalue weighted by Gasteiger charge is -2.09. The minimum Gasteiger partial charge on any atom is -0.410 e. The summed E-state index contributed by atoms with van der Waals surface area (Å²) in [6.07, 6.45) is 7.53. The second-order valence-electron chi connectivity index (χ2n) is 4.27. The summed E-state index contributed by atoms with van der Waals surface area (Å²) in [4.78, 5) is 15.8. The molecular formula is C17H16N2O2. The predicted molar refractivity (Wildman–Crippen MR) is 83.5 cm³/mol. The Morgan fingerprint density at radius 1 is 1.33 bits per heavy atom. The van der Waals surface area contributed by atoms with Gasteiger partial charge in [0.25, 0.3) is 0 Å². The molecule has 4 heteroatoms. The Bertz CT molecular complexity index is 700. The van der Waals surface area contributed by atoms with Gasteiger partial charge in [-0.05, 0) is 29.2 Å². The number of nitrogens with one attached hydrogen (secondary N) is 1. The number of aromatic nitrogens is 1. The van der Waals surface area contributed by atoms with E-state index >= 15 is 0 Å². The van der Waals surface area contributed by atoms with Gasteiger partial charge in [-0.1, -0.05) is 37.4 Å². The Morgan fingerprint density at radius 2 is 2.19 bits per heavy atom. The van der Waals surface area contributed by atoms with E-state index in [-0.39, 0.29) is 0 Å². The molecule has 1 aromatic carbocycles. The van der Waals surface area contributed by atoms with Crippen LogP contribution in [0.4, 0.5) is 4.79 Å². The molecule has 0 atom stereocenters. The summed E-state index contributed by atoms with van der Waals surface area (Å²) >= 11 is 0. The van der Waals surface area contributed by atoms with Crippen LogP contribution >= 0.6 is 0 Å². The van der Waals surface area contributed by atoms with Gasteiger partial charge < -0.3 is 10.1 Å². The number of nitrogens with zero attached hydrogens (tertiary/aromatic N) is 1. The number of fused-ring (bicyclic) bond motifs is 1. The van der Waals surface area contributed by atoms with Crippen LogP contribution in [0.2, 0.25) is 0 Å². The maximum atomic E-state index is 11.7. The fourth-order valence-corrected chi connectivity index (χ4v) is 1.91. The van der Waals surface area contributed by atoms with Gasteiger partial charge in [0.1, 0.15) is 5.76 Å². The first-order valence-electron chi connectivity index (χ1n) is 6.47. The van der Waals surface area contributed by atoms with Gasteiger partial charge in [0.2, 0.25) is 0 Å². The highest BCUT2D eigenvalue weighted by Gasteiger charge is 2.06. The zero-order valence-corrected chi connectivity index (χ0v) is 11.6. The predicted octanol–water partition coefficient (Wildman–Crippen LogP) is 3.72. The van der Waals surface area contributed by atoms with Crippen molar-refractivity contribution >= 4 is 16.9 Å². The summed E-state index contributed by atoms with van der Waals surface area (Å²) in [5, 5.41) is 4.79. The van der Waals surface area contributed by atoms with Crippen LogP contribution in [0, 0.1) is 0 Å². The van der Waals surface area contributed by atoms with Crippen LogP contribution in [0.25, 0.3) is 10.8 Å². The molecule has 1 N–H and O–H groups in total. The number of alkyl carbamates (subject to hydrolysis) is 1. The Morgan fingerprint density at radius 3 is 2.95 bits per heavy atom. The van der Waals surface area contributed by atoms with Gasteiger partial charge in [-0.25, -0.2) is 4.79 Å². The third-order valence-electron chi connectivity index (χ3n) is 2.89. The largest absolute Gasteiger partial charge is 0.412 e. The zero-order valence-electron chi connectivity index (χ0n) is 11.6. The molecule has 1 heterocycles. The van der Waals surface area contributed by atoms with Crippen molar-refractivity contribution in [3.05, 3.63) is 79.4 Å². The highest BCUT2D eigenvalue weighted by molar-refractivity contribution is 5.85. The van der Waals surface area contributed by atoms with Crippen LogP contribution in [-0.2, 0) is 11.3 Å². The van der Waals surface area contributed by atoms with Crippen LogP contribution < -0.4 is 5.32 Å². The smallest absolute Gasteiger partial charge is 0.410 e. The summed E-state index contributed by atoms with van der Waals surface area (Å²) in [7, 11) is 0. The fraction of sp³-hybridized carbons (Fsp3) is 0.0588. The summed E-state index contributed by atoms with van der Waals surface area (Å²) in [6.45, 7) is 7.48. The number of pyridine rings is 1. The normalized spacial score (nSPS) is 11.0. The Hall–Kier alpha value is -2.88. The molecule has 0 aliphatic rings. The van der Waals surface area contributed by atoms with Gasteiger partial charge in [-0.2, -0.15) is 0 Å². The lowest BCUT2D eigenvalue weighted by Crippen LogP contribution is -2.23. The van der Waals surface area contributed by atoms with Gasteiger partial charge in [-0.15, -0.1) is 0 Å². The molecule has 2 rings (SSSR count). The standard InChI is InChI=1S/C17H16N2O2/c1-3-6-15(4-2)21-17(20)19-12-14-8-5-7-13-11-18-10-9-16(13)14/h3-11H,1-2,12H2,(H,19,20)/b15-6+. The fourth-order valence-electron chi connectivity index (χ4n) is 1.91. The molecule has 2 aromatic rings. The van der Waals surface area contributed by atoms with E-state index in [1.165, 1.54) is 12.2 Å². The maximum absolute atomic E-state index is 11.7. The van der Waals surface area contributed by atoms with Crippen molar-refractivity contribution in [3.8, 4) is 0 Å². The number of carbonyl (C=O) groups is 1. The zero-order chi connectivity index (χ0) is 15.1. The van der Waals surface area contributed by atoms with E-state index < -0.39 is 6.09 Å². The van der Waals surface area contributed by atoms with Gasteiger partial charge in [-0.3, -0.25) is 4.98 Å². The first-order valence-corrected chi connectivity index (χ1v) is 6.47. The molecule has 0 radical (unpaired) electrons. The molecule has 0 saturated heterocycles. The Labute approximate surface area is 123 Å². The molecule has 0 saturated carbocycles. The number of hydrogen-bond donors (Lipinski definition) is 1. The van der Waals surface area contributed by atoms with E-state index in [4.69, 9.17) is 4.74 Å². The number of rotatable bonds is 5. The summed E-state index contributed by atoms with van der Waals surface area (Å²) in [5.41, 5.74) is 1.000. The van der Waals surface area contributed by atoms with Crippen LogP contribution in [-0.4, -0.2) is 11.1 Å². The molecule has 0 aliphatic heterocycles. The number of ether oxygens (including phenoxy) is 1. The third kappa shape index (κ3) is 3.79. The molecule has 1 amide bonds. The summed E-state index contributed by atoms with van der Waals surface area (Å²) < 4.78 is 5.08. The van der Waals surface area contributed by atoms with E-state index in [9.17, 15) is 4.79 Å². The van der Waals surface area contributed by atoms with Gasteiger partial charge in [0.05, 0.1) is 0 Å². The van der Waals surface area contributed by atoms with E-state index in [1.807, 2.05) is 24.3 Å². The average molecular weight is 280 g/mol. The molecule has 0 spiro atoms. The summed E-state index contributed by atoms with van der Waals surface area (Å²) in [5.74, 6) is 0.351. The SMILES string of the molecule is C=C/C=C(\C=C)OC(=O)NCc1cccc2cnccc12. The minimum absolute atomic E-state index is 0.351. The van der Waals surface area contributed by atoms with E-state index in [2.05, 4.69) is 23.5 Å². The highest BCUT2D eigenvalue weighted by Crippen LogP contribution is 2.17. The van der Waals surface area contributed by atoms with Crippen molar-refractivity contribution in [2.24, 2.45) is 0 Å². The van der Waals surface area contributed by atoms with E-state index in [1.54, 1.807) is 18.5 Å². The lowest BCUT2D eigenvalue weighted by atomic mass is 10.1. The number of benzene rings is 1. The van der Waals surface area contributed by atoms with E-state index in [0.29, 0.717) is 12.3 Å². The molecule has 0 unspecified atom stereocenters. The first-order chi connectivity index (χ1) is 10.2. The maximum Gasteiger partial charge on any atom is 0.412 e. The van der Waals surface area contributed by atoms with Crippen molar-refractivity contribution in [1.82, 2.24) is 10.3 Å². The molecule has 21 heavy (non-hydrogen) atoms. The molecule has 0 bridgehead atoms. The van der Waals surface area contributed by atoms with Crippen molar-refractivity contribution in [1.29, 1.82) is 0 Å². The van der Waals surface area contributed by atoms with Crippen molar-refractivity contribution in [2.75, 3.05) is 0 Å². The second kappa shape index (κ2) is 7.05. The highest BCUT2D eigenvalue weighted by atomic mass is 16.6. The Kier molecular flexibility index (Phi) is 4.88. The molecular weight excluding hydrogens is 264 g/mol. The third-order valence-corrected chi connectivity index (χ3v) is 2.89. The average Bonchev–Trinajstić information content (AvgIpc) is 2.52. The van der Waals surface area contributed by atoms with Crippen molar-refractivity contribution in [3.63, 3.8) is 0 Å². The van der Waals surface area contributed by atoms with Gasteiger partial charge in [0.15, 0.2) is 0 Å². The number of carbonyl (C=O) groups excluding carboxylic acids is 1. The quantitative estimate of drug-likeness (QED) is 0.671. The van der Waals surface area contributed by atoms with Crippen molar-refractivity contribution in [2.45, 2.75) is 6.54 Å². The number of hydrogen-bond acceptors (Lipinski definition) is 3. The second-order valence-corrected chi connectivity index (χ2v) is 4.27. The van der Waals surface area contributed by atoms with Crippen LogP contribution in [0.3, 0.4) is 0 Å². The first kappa shape index (κ1) is 14.5. The van der Waals surface area contributed by atoms with Crippen LogP contribution in [0.15, 0.2) is 73.8 Å². The molecule has 106 valence electrons. The number of amides is 1. The number of allylic oxidation sites excluding steroid dienone is 3. The van der Waals surface area contributed by atoms with Crippen LogP contribution in [0.5, 0.6) is 0 Å². The molecule has 0 fully saturated rings. The molecule has 0 aliphatic carbocycles. The summed E-state index contributed by atoms with van der Waals surface area (Å²) in [6, 6.07) is 7.78. The van der Waals surface area contributed by atoms with E-state index in [0.717, 1.165) is 16.3 Å².